The Bertz CT molecular complexity index is 584. The van der Waals surface area contributed by atoms with Crippen LogP contribution in [0.2, 0.25) is 0 Å². The lowest BCUT2D eigenvalue weighted by atomic mass is 10.1. The van der Waals surface area contributed by atoms with Crippen molar-refractivity contribution in [3.05, 3.63) is 17.7 Å². The van der Waals surface area contributed by atoms with Crippen LogP contribution in [0.25, 0.3) is 0 Å². The Balaban J connectivity index is 0.00000625. The molecule has 1 aromatic rings. The molecule has 0 atom stereocenters. The number of nitrogens with one attached hydrogen (secondary N) is 2. The van der Waals surface area contributed by atoms with Gasteiger partial charge in [-0.05, 0) is 13.0 Å². The fourth-order valence-corrected chi connectivity index (χ4v) is 2.04. The summed E-state index contributed by atoms with van der Waals surface area (Å²) in [5.41, 5.74) is 0.716. The van der Waals surface area contributed by atoms with E-state index in [1.54, 1.807) is 12.1 Å². The summed E-state index contributed by atoms with van der Waals surface area (Å²) >= 11 is 0. The topological polar surface area (TPSA) is 64.1 Å². The lowest BCUT2D eigenvalue weighted by Gasteiger charge is -2.15. The Labute approximate surface area is 168 Å². The van der Waals surface area contributed by atoms with Gasteiger partial charge in [0.1, 0.15) is 5.75 Å². The Hall–Kier alpha value is -1.59. The highest BCUT2D eigenvalue weighted by atomic mass is 127. The lowest BCUT2D eigenvalue weighted by molar-refractivity contribution is -0.132. The Morgan fingerprint density at radius 3 is 2.08 bits per heavy atom. The third kappa shape index (κ3) is 8.19. The zero-order valence-electron chi connectivity index (χ0n) is 15.2. The van der Waals surface area contributed by atoms with Crippen molar-refractivity contribution >= 4 is 29.9 Å². The number of hydrogen-bond donors (Lipinski definition) is 2. The molecule has 0 bridgehead atoms. The van der Waals surface area contributed by atoms with Crippen molar-refractivity contribution in [3.8, 4) is 17.2 Å². The van der Waals surface area contributed by atoms with Gasteiger partial charge in [0.05, 0.1) is 34.3 Å². The Morgan fingerprint density at radius 2 is 1.58 bits per heavy atom. The summed E-state index contributed by atoms with van der Waals surface area (Å²) in [7, 11) is 4.55. The first-order valence-corrected chi connectivity index (χ1v) is 7.72. The molecule has 0 spiro atoms. The highest BCUT2D eigenvalue weighted by Gasteiger charge is 2.26. The molecule has 10 heteroatoms. The van der Waals surface area contributed by atoms with Crippen molar-refractivity contribution in [2.75, 3.05) is 34.4 Å². The van der Waals surface area contributed by atoms with Gasteiger partial charge < -0.3 is 24.8 Å². The summed E-state index contributed by atoms with van der Waals surface area (Å²) in [6, 6.07) is 3.40. The maximum absolute atomic E-state index is 12.3. The number of hydrogen-bond acceptors (Lipinski definition) is 4. The number of methoxy groups -OCH3 is 3. The first-order valence-electron chi connectivity index (χ1n) is 7.72. The highest BCUT2D eigenvalue weighted by molar-refractivity contribution is 14.0. The van der Waals surface area contributed by atoms with Crippen molar-refractivity contribution in [1.82, 2.24) is 10.6 Å². The number of guanidine groups is 1. The molecule has 0 amide bonds. The largest absolute Gasteiger partial charge is 0.496 e. The van der Waals surface area contributed by atoms with Gasteiger partial charge in [0.15, 0.2) is 17.5 Å². The lowest BCUT2D eigenvalue weighted by Crippen LogP contribution is -2.38. The molecule has 0 heterocycles. The minimum absolute atomic E-state index is 0. The molecule has 0 aliphatic carbocycles. The van der Waals surface area contributed by atoms with Crippen molar-refractivity contribution < 1.29 is 27.4 Å². The summed E-state index contributed by atoms with van der Waals surface area (Å²) in [5, 5.41) is 5.56. The summed E-state index contributed by atoms with van der Waals surface area (Å²) < 4.78 is 52.5. The van der Waals surface area contributed by atoms with E-state index in [0.29, 0.717) is 35.3 Å². The zero-order valence-corrected chi connectivity index (χ0v) is 17.5. The van der Waals surface area contributed by atoms with Crippen LogP contribution in [0.3, 0.4) is 0 Å². The van der Waals surface area contributed by atoms with E-state index in [1.807, 2.05) is 6.92 Å². The molecular formula is C16H25F3IN3O3. The third-order valence-corrected chi connectivity index (χ3v) is 3.24. The molecule has 1 rings (SSSR count). The van der Waals surface area contributed by atoms with Crippen molar-refractivity contribution in [2.45, 2.75) is 26.1 Å². The standard InChI is InChI=1S/C16H24F3N3O3.HI/c1-5-20-15(21-7-6-16(17,18)19)22-10-11-8-13(24-3)14(25-4)9-12(11)23-2;/h8-9H,5-7,10H2,1-4H3,(H2,20,21,22);1H. The molecule has 26 heavy (non-hydrogen) atoms. The normalized spacial score (nSPS) is 11.4. The van der Waals surface area contributed by atoms with E-state index in [9.17, 15) is 13.2 Å². The molecule has 0 saturated carbocycles. The summed E-state index contributed by atoms with van der Waals surface area (Å²) in [6.45, 7) is 2.31. The van der Waals surface area contributed by atoms with E-state index < -0.39 is 12.6 Å². The first kappa shape index (κ1) is 24.4. The second kappa shape index (κ2) is 11.9. The molecule has 0 aliphatic rings. The van der Waals surface area contributed by atoms with Crippen LogP contribution >= 0.6 is 24.0 Å². The zero-order chi connectivity index (χ0) is 18.9. The molecule has 150 valence electrons. The van der Waals surface area contributed by atoms with Crippen LogP contribution in [0, 0.1) is 0 Å². The number of benzene rings is 1. The fourth-order valence-electron chi connectivity index (χ4n) is 2.04. The molecule has 2 N–H and O–H groups in total. The minimum atomic E-state index is -4.21. The van der Waals surface area contributed by atoms with E-state index in [1.165, 1.54) is 21.3 Å². The van der Waals surface area contributed by atoms with E-state index in [2.05, 4.69) is 15.6 Å². The summed E-state index contributed by atoms with van der Waals surface area (Å²) in [6.07, 6.45) is -5.14. The van der Waals surface area contributed by atoms with E-state index in [4.69, 9.17) is 14.2 Å². The summed E-state index contributed by atoms with van der Waals surface area (Å²) in [5.74, 6) is 1.88. The summed E-state index contributed by atoms with van der Waals surface area (Å²) in [4.78, 5) is 4.29. The molecule has 0 radical (unpaired) electrons. The molecule has 6 nitrogen and oxygen atoms in total. The SMILES string of the molecule is CCNC(=NCc1cc(OC)c(OC)cc1OC)NCCC(F)(F)F.I. The predicted octanol–water partition coefficient (Wildman–Crippen LogP) is 3.34. The average Bonchev–Trinajstić information content (AvgIpc) is 2.57. The van der Waals surface area contributed by atoms with Gasteiger partial charge in [-0.15, -0.1) is 24.0 Å². The van der Waals surface area contributed by atoms with Crippen LogP contribution in [-0.4, -0.2) is 46.6 Å². The van der Waals surface area contributed by atoms with E-state index in [-0.39, 0.29) is 37.1 Å². The van der Waals surface area contributed by atoms with Crippen LogP contribution in [0.5, 0.6) is 17.2 Å². The second-order valence-corrected chi connectivity index (χ2v) is 5.01. The van der Waals surface area contributed by atoms with Gasteiger partial charge in [-0.3, -0.25) is 0 Å². The van der Waals surface area contributed by atoms with Crippen LogP contribution in [0.4, 0.5) is 13.2 Å². The third-order valence-electron chi connectivity index (χ3n) is 3.24. The van der Waals surface area contributed by atoms with Crippen molar-refractivity contribution in [2.24, 2.45) is 4.99 Å². The maximum atomic E-state index is 12.3. The van der Waals surface area contributed by atoms with Gasteiger partial charge in [-0.2, -0.15) is 13.2 Å². The van der Waals surface area contributed by atoms with Gasteiger partial charge in [0.25, 0.3) is 0 Å². The monoisotopic (exact) mass is 491 g/mol. The molecule has 0 unspecified atom stereocenters. The molecule has 1 aromatic carbocycles. The number of rotatable bonds is 8. The van der Waals surface area contributed by atoms with Gasteiger partial charge in [0, 0.05) is 24.7 Å². The van der Waals surface area contributed by atoms with Crippen LogP contribution in [0.1, 0.15) is 18.9 Å². The molecule has 0 aromatic heterocycles. The minimum Gasteiger partial charge on any atom is -0.496 e. The highest BCUT2D eigenvalue weighted by Crippen LogP contribution is 2.34. The Morgan fingerprint density at radius 1 is 1.00 bits per heavy atom. The number of aliphatic imine (C=N–C) groups is 1. The van der Waals surface area contributed by atoms with Gasteiger partial charge >= 0.3 is 6.18 Å². The van der Waals surface area contributed by atoms with Crippen molar-refractivity contribution in [1.29, 1.82) is 0 Å². The number of ether oxygens (including phenoxy) is 3. The van der Waals surface area contributed by atoms with Crippen LogP contribution in [0.15, 0.2) is 17.1 Å². The van der Waals surface area contributed by atoms with E-state index in [0.717, 1.165) is 0 Å². The number of nitrogens with zero attached hydrogens (tertiary/aromatic N) is 1. The quantitative estimate of drug-likeness (QED) is 0.332. The molecule has 0 saturated heterocycles. The number of alkyl halides is 3. The fraction of sp³-hybridized carbons (Fsp3) is 0.562. The maximum Gasteiger partial charge on any atom is 0.390 e. The smallest absolute Gasteiger partial charge is 0.390 e. The average molecular weight is 491 g/mol. The Kier molecular flexibility index (Phi) is 11.2. The van der Waals surface area contributed by atoms with E-state index >= 15 is 0 Å². The second-order valence-electron chi connectivity index (χ2n) is 5.01. The van der Waals surface area contributed by atoms with Gasteiger partial charge in [-0.25, -0.2) is 4.99 Å². The van der Waals surface area contributed by atoms with Gasteiger partial charge in [0.2, 0.25) is 0 Å². The van der Waals surface area contributed by atoms with Gasteiger partial charge in [-0.1, -0.05) is 0 Å². The van der Waals surface area contributed by atoms with Crippen LogP contribution < -0.4 is 24.8 Å². The first-order chi connectivity index (χ1) is 11.8. The number of halogens is 4. The molecule has 0 fully saturated rings. The molecular weight excluding hydrogens is 466 g/mol. The predicted molar refractivity (Wildman–Crippen MR) is 105 cm³/mol. The molecule has 0 aliphatic heterocycles. The van der Waals surface area contributed by atoms with Crippen LogP contribution in [-0.2, 0) is 6.54 Å². The van der Waals surface area contributed by atoms with Crippen molar-refractivity contribution in [3.63, 3.8) is 0 Å².